The molecule has 0 saturated heterocycles. The molecule has 2 heterocycles. The molecule has 19 heavy (non-hydrogen) atoms. The minimum absolute atomic E-state index is 0.183. The Morgan fingerprint density at radius 2 is 2.26 bits per heavy atom. The molecule has 2 aromatic rings. The van der Waals surface area contributed by atoms with Gasteiger partial charge in [0.25, 0.3) is 5.91 Å². The number of carbonyl (C=O) groups is 1. The number of carbonyl (C=O) groups excluding carboxylic acids is 1. The van der Waals surface area contributed by atoms with Crippen LogP contribution in [0.25, 0.3) is 0 Å². The average molecular weight is 280 g/mol. The van der Waals surface area contributed by atoms with Crippen LogP contribution < -0.4 is 11.1 Å². The van der Waals surface area contributed by atoms with Gasteiger partial charge in [-0.3, -0.25) is 9.48 Å². The highest BCUT2D eigenvalue weighted by Crippen LogP contribution is 2.20. The second-order valence-corrected chi connectivity index (χ2v) is 5.40. The van der Waals surface area contributed by atoms with Gasteiger partial charge in [0.15, 0.2) is 5.13 Å². The molecule has 3 N–H and O–H groups in total. The fraction of sp³-hybridized carbons (Fsp3) is 0.455. The topological polar surface area (TPSA) is 98.7 Å². The number of aryl methyl sites for hydroxylation is 1. The Bertz CT molecular complexity index is 575. The lowest BCUT2D eigenvalue weighted by Crippen LogP contribution is -2.33. The van der Waals surface area contributed by atoms with Gasteiger partial charge in [0.2, 0.25) is 0 Å². The van der Waals surface area contributed by atoms with Crippen LogP contribution in [0.4, 0.5) is 5.13 Å². The fourth-order valence-corrected chi connectivity index (χ4v) is 2.27. The summed E-state index contributed by atoms with van der Waals surface area (Å²) in [5.41, 5.74) is 5.86. The summed E-state index contributed by atoms with van der Waals surface area (Å²) < 4.78 is 1.65. The van der Waals surface area contributed by atoms with E-state index < -0.39 is 0 Å². The van der Waals surface area contributed by atoms with Crippen molar-refractivity contribution in [3.05, 3.63) is 23.2 Å². The van der Waals surface area contributed by atoms with Gasteiger partial charge in [-0.25, -0.2) is 9.97 Å². The van der Waals surface area contributed by atoms with Crippen LogP contribution in [-0.4, -0.2) is 25.7 Å². The Morgan fingerprint density at radius 1 is 1.53 bits per heavy atom. The van der Waals surface area contributed by atoms with E-state index >= 15 is 0 Å². The highest BCUT2D eigenvalue weighted by Gasteiger charge is 2.24. The molecule has 0 aromatic carbocycles. The first kappa shape index (κ1) is 13.5. The Balaban J connectivity index is 2.18. The number of hydrogen-bond acceptors (Lipinski definition) is 6. The van der Waals surface area contributed by atoms with Gasteiger partial charge in [-0.2, -0.15) is 5.10 Å². The van der Waals surface area contributed by atoms with Gasteiger partial charge >= 0.3 is 0 Å². The summed E-state index contributed by atoms with van der Waals surface area (Å²) in [6.07, 6.45) is 1.47. The van der Waals surface area contributed by atoms with Crippen molar-refractivity contribution in [2.24, 2.45) is 13.0 Å². The first-order valence-corrected chi connectivity index (χ1v) is 6.72. The van der Waals surface area contributed by atoms with Crippen molar-refractivity contribution in [3.8, 4) is 0 Å². The molecule has 0 fully saturated rings. The van der Waals surface area contributed by atoms with Gasteiger partial charge < -0.3 is 11.1 Å². The minimum Gasteiger partial charge on any atom is -0.375 e. The Kier molecular flexibility index (Phi) is 3.79. The van der Waals surface area contributed by atoms with Crippen molar-refractivity contribution in [2.75, 3.05) is 5.73 Å². The van der Waals surface area contributed by atoms with E-state index in [1.165, 1.54) is 17.7 Å². The predicted octanol–water partition coefficient (Wildman–Crippen LogP) is 0.981. The van der Waals surface area contributed by atoms with E-state index in [1.54, 1.807) is 17.1 Å². The molecule has 0 unspecified atom stereocenters. The molecular weight excluding hydrogens is 264 g/mol. The van der Waals surface area contributed by atoms with Gasteiger partial charge in [-0.05, 0) is 5.92 Å². The summed E-state index contributed by atoms with van der Waals surface area (Å²) in [5.74, 6) is 0.643. The number of nitrogens with two attached hydrogens (primary N) is 1. The third-order valence-corrected chi connectivity index (χ3v) is 3.41. The largest absolute Gasteiger partial charge is 0.375 e. The number of anilines is 1. The van der Waals surface area contributed by atoms with Crippen LogP contribution >= 0.6 is 11.3 Å². The zero-order valence-corrected chi connectivity index (χ0v) is 11.8. The van der Waals surface area contributed by atoms with E-state index in [9.17, 15) is 4.79 Å². The lowest BCUT2D eigenvalue weighted by Gasteiger charge is -2.20. The Hall–Kier alpha value is -1.96. The molecule has 1 atom stereocenters. The SMILES string of the molecule is CC(C)[C@H](NC(=O)c1csc(N)n1)c1ncnn1C. The maximum atomic E-state index is 12.1. The Labute approximate surface area is 114 Å². The van der Waals surface area contributed by atoms with Gasteiger partial charge in [0.05, 0.1) is 6.04 Å². The number of thiazole rings is 1. The number of nitrogens with one attached hydrogen (secondary N) is 1. The molecule has 102 valence electrons. The van der Waals surface area contributed by atoms with Crippen molar-refractivity contribution in [3.63, 3.8) is 0 Å². The zero-order valence-electron chi connectivity index (χ0n) is 11.0. The summed E-state index contributed by atoms with van der Waals surface area (Å²) >= 11 is 1.24. The number of nitrogen functional groups attached to an aromatic ring is 1. The van der Waals surface area contributed by atoms with Crippen LogP contribution in [0.1, 0.15) is 36.2 Å². The molecular formula is C11H16N6OS. The second-order valence-electron chi connectivity index (χ2n) is 4.51. The molecule has 0 radical (unpaired) electrons. The third-order valence-electron chi connectivity index (χ3n) is 2.73. The number of aromatic nitrogens is 4. The lowest BCUT2D eigenvalue weighted by molar-refractivity contribution is 0.0918. The highest BCUT2D eigenvalue weighted by atomic mass is 32.1. The van der Waals surface area contributed by atoms with Crippen LogP contribution in [0.5, 0.6) is 0 Å². The standard InChI is InChI=1S/C11H16N6OS/c1-6(2)8(9-13-5-14-17(9)3)16-10(18)7-4-19-11(12)15-7/h4-6,8H,1-3H3,(H2,12,15)(H,16,18)/t8-/m0/s1. The number of rotatable bonds is 4. The first-order chi connectivity index (χ1) is 8.99. The summed E-state index contributed by atoms with van der Waals surface area (Å²) in [6.45, 7) is 4.02. The number of hydrogen-bond donors (Lipinski definition) is 2. The second kappa shape index (κ2) is 5.35. The monoisotopic (exact) mass is 280 g/mol. The molecule has 8 heteroatoms. The molecule has 0 aliphatic rings. The summed E-state index contributed by atoms with van der Waals surface area (Å²) in [6, 6.07) is -0.220. The van der Waals surface area contributed by atoms with Crippen LogP contribution in [0, 0.1) is 5.92 Å². The molecule has 1 amide bonds. The lowest BCUT2D eigenvalue weighted by atomic mass is 10.0. The molecule has 0 bridgehead atoms. The van der Waals surface area contributed by atoms with Gasteiger partial charge in [-0.1, -0.05) is 13.8 Å². The minimum atomic E-state index is -0.255. The molecule has 2 aromatic heterocycles. The number of nitrogens with zero attached hydrogens (tertiary/aromatic N) is 4. The molecule has 7 nitrogen and oxygen atoms in total. The first-order valence-electron chi connectivity index (χ1n) is 5.84. The van der Waals surface area contributed by atoms with Gasteiger partial charge in [-0.15, -0.1) is 11.3 Å². The molecule has 0 aliphatic carbocycles. The normalized spacial score (nSPS) is 12.6. The van der Waals surface area contributed by atoms with E-state index in [2.05, 4.69) is 20.4 Å². The zero-order chi connectivity index (χ0) is 14.0. The van der Waals surface area contributed by atoms with Crippen molar-refractivity contribution in [2.45, 2.75) is 19.9 Å². The molecule has 0 aliphatic heterocycles. The molecule has 2 rings (SSSR count). The maximum absolute atomic E-state index is 12.1. The Morgan fingerprint density at radius 3 is 2.74 bits per heavy atom. The van der Waals surface area contributed by atoms with Crippen LogP contribution in [0.3, 0.4) is 0 Å². The van der Waals surface area contributed by atoms with Crippen LogP contribution in [0.15, 0.2) is 11.7 Å². The van der Waals surface area contributed by atoms with Crippen molar-refractivity contribution in [1.29, 1.82) is 0 Å². The third kappa shape index (κ3) is 2.90. The van der Waals surface area contributed by atoms with Crippen LogP contribution in [0.2, 0.25) is 0 Å². The van der Waals surface area contributed by atoms with E-state index in [0.717, 1.165) is 0 Å². The maximum Gasteiger partial charge on any atom is 0.271 e. The predicted molar refractivity (Wildman–Crippen MR) is 72.6 cm³/mol. The van der Waals surface area contributed by atoms with Crippen LogP contribution in [-0.2, 0) is 7.05 Å². The summed E-state index contributed by atoms with van der Waals surface area (Å²) in [7, 11) is 1.80. The smallest absolute Gasteiger partial charge is 0.271 e. The summed E-state index contributed by atoms with van der Waals surface area (Å²) in [5, 5.41) is 8.96. The van der Waals surface area contributed by atoms with E-state index in [0.29, 0.717) is 16.6 Å². The number of amides is 1. The molecule has 0 spiro atoms. The average Bonchev–Trinajstić information content (AvgIpc) is 2.94. The quantitative estimate of drug-likeness (QED) is 0.869. The van der Waals surface area contributed by atoms with E-state index in [-0.39, 0.29) is 17.9 Å². The van der Waals surface area contributed by atoms with Crippen molar-refractivity contribution in [1.82, 2.24) is 25.1 Å². The fourth-order valence-electron chi connectivity index (χ4n) is 1.72. The van der Waals surface area contributed by atoms with Gasteiger partial charge in [0, 0.05) is 12.4 Å². The van der Waals surface area contributed by atoms with Gasteiger partial charge in [0.1, 0.15) is 17.8 Å². The van der Waals surface area contributed by atoms with Crippen molar-refractivity contribution >= 4 is 22.4 Å². The van der Waals surface area contributed by atoms with Crippen molar-refractivity contribution < 1.29 is 4.79 Å². The van der Waals surface area contributed by atoms with E-state index in [1.807, 2.05) is 13.8 Å². The highest BCUT2D eigenvalue weighted by molar-refractivity contribution is 7.13. The molecule has 0 saturated carbocycles. The summed E-state index contributed by atoms with van der Waals surface area (Å²) in [4.78, 5) is 20.3. The van der Waals surface area contributed by atoms with E-state index in [4.69, 9.17) is 5.73 Å².